The molecule has 0 spiro atoms. The van der Waals surface area contributed by atoms with Crippen LogP contribution in [0.3, 0.4) is 0 Å². The molecule has 0 amide bonds. The van der Waals surface area contributed by atoms with E-state index in [1.54, 1.807) is 0 Å². The van der Waals surface area contributed by atoms with Crippen molar-refractivity contribution in [3.8, 4) is 0 Å². The zero-order valence-electron chi connectivity index (χ0n) is 15.9. The molecule has 142 valence electrons. The van der Waals surface area contributed by atoms with Gasteiger partial charge >= 0.3 is 0 Å². The molecule has 1 saturated heterocycles. The second-order valence-corrected chi connectivity index (χ2v) is 6.31. The van der Waals surface area contributed by atoms with Gasteiger partial charge in [0.05, 0.1) is 18.8 Å². The molecule has 1 aliphatic heterocycles. The predicted octanol–water partition coefficient (Wildman–Crippen LogP) is 2.59. The second kappa shape index (κ2) is 11.5. The number of ether oxygens (including phenoxy) is 1. The predicted molar refractivity (Wildman–Crippen MR) is 115 cm³/mol. The van der Waals surface area contributed by atoms with Crippen LogP contribution >= 0.6 is 24.0 Å². The largest absolute Gasteiger partial charge is 0.381 e. The summed E-state index contributed by atoms with van der Waals surface area (Å²) in [6, 6.07) is 6.08. The van der Waals surface area contributed by atoms with Crippen LogP contribution in [0.5, 0.6) is 0 Å². The zero-order valence-corrected chi connectivity index (χ0v) is 18.2. The first kappa shape index (κ1) is 22.0. The van der Waals surface area contributed by atoms with Gasteiger partial charge in [0.2, 0.25) is 0 Å². The monoisotopic (exact) mass is 461 g/mol. The van der Waals surface area contributed by atoms with Crippen LogP contribution in [0.2, 0.25) is 0 Å². The summed E-state index contributed by atoms with van der Waals surface area (Å²) >= 11 is 0. The van der Waals surface area contributed by atoms with Crippen LogP contribution in [0.25, 0.3) is 0 Å². The molecular formula is C18H32IN5O. The van der Waals surface area contributed by atoms with Crippen LogP contribution in [0, 0.1) is 5.92 Å². The van der Waals surface area contributed by atoms with Crippen molar-refractivity contribution >= 4 is 35.8 Å². The number of nitrogens with zero attached hydrogens (tertiary/aromatic N) is 4. The normalized spacial score (nSPS) is 17.4. The van der Waals surface area contributed by atoms with E-state index >= 15 is 0 Å². The molecule has 0 saturated carbocycles. The van der Waals surface area contributed by atoms with Crippen LogP contribution in [-0.2, 0) is 11.3 Å². The first-order valence-electron chi connectivity index (χ1n) is 8.88. The first-order chi connectivity index (χ1) is 11.6. The molecule has 0 radical (unpaired) electrons. The lowest BCUT2D eigenvalue weighted by Crippen LogP contribution is -2.40. The third-order valence-electron chi connectivity index (χ3n) is 4.12. The molecule has 25 heavy (non-hydrogen) atoms. The molecular weight excluding hydrogens is 429 g/mol. The van der Waals surface area contributed by atoms with Gasteiger partial charge < -0.3 is 19.9 Å². The molecule has 2 heterocycles. The lowest BCUT2D eigenvalue weighted by atomic mass is 10.1. The van der Waals surface area contributed by atoms with Crippen molar-refractivity contribution in [1.82, 2.24) is 15.2 Å². The minimum atomic E-state index is 0. The Kier molecular flexibility index (Phi) is 10.1. The Labute approximate surface area is 169 Å². The van der Waals surface area contributed by atoms with Gasteiger partial charge in [0.1, 0.15) is 5.82 Å². The van der Waals surface area contributed by atoms with Crippen molar-refractivity contribution in [1.29, 1.82) is 0 Å². The van der Waals surface area contributed by atoms with Crippen LogP contribution in [-0.4, -0.2) is 62.8 Å². The highest BCUT2D eigenvalue weighted by Gasteiger charge is 2.24. The van der Waals surface area contributed by atoms with E-state index in [2.05, 4.69) is 22.1 Å². The highest BCUT2D eigenvalue weighted by Crippen LogP contribution is 2.17. The molecule has 2 rings (SSSR count). The third-order valence-corrected chi connectivity index (χ3v) is 4.12. The summed E-state index contributed by atoms with van der Waals surface area (Å²) in [7, 11) is 4.00. The summed E-state index contributed by atoms with van der Waals surface area (Å²) in [5.41, 5.74) is 0.988. The lowest BCUT2D eigenvalue weighted by molar-refractivity contribution is 0.114. The van der Waals surface area contributed by atoms with Crippen molar-refractivity contribution in [2.75, 3.05) is 51.8 Å². The van der Waals surface area contributed by atoms with Gasteiger partial charge in [0.25, 0.3) is 0 Å². The van der Waals surface area contributed by atoms with Gasteiger partial charge in [0, 0.05) is 46.3 Å². The van der Waals surface area contributed by atoms with Gasteiger partial charge in [-0.15, -0.1) is 24.0 Å². The van der Waals surface area contributed by atoms with Crippen molar-refractivity contribution in [2.24, 2.45) is 10.9 Å². The number of aliphatic imine (C=N–C) groups is 1. The highest BCUT2D eigenvalue weighted by atomic mass is 127. The van der Waals surface area contributed by atoms with E-state index in [1.807, 2.05) is 44.1 Å². The topological polar surface area (TPSA) is 53.0 Å². The number of aromatic nitrogens is 1. The number of halogens is 1. The molecule has 1 aliphatic rings. The Morgan fingerprint density at radius 1 is 1.40 bits per heavy atom. The Balaban J connectivity index is 0.00000312. The minimum Gasteiger partial charge on any atom is -0.381 e. The lowest BCUT2D eigenvalue weighted by Gasteiger charge is -2.21. The number of likely N-dealkylation sites (tertiary alicyclic amines) is 1. The molecule has 1 aromatic heterocycles. The summed E-state index contributed by atoms with van der Waals surface area (Å²) in [5.74, 6) is 2.54. The first-order valence-corrected chi connectivity index (χ1v) is 8.88. The van der Waals surface area contributed by atoms with Gasteiger partial charge in [-0.1, -0.05) is 6.07 Å². The maximum absolute atomic E-state index is 5.57. The van der Waals surface area contributed by atoms with Crippen molar-refractivity contribution in [3.05, 3.63) is 23.9 Å². The summed E-state index contributed by atoms with van der Waals surface area (Å²) in [5, 5.41) is 3.41. The average Bonchev–Trinajstić information content (AvgIpc) is 3.05. The number of nitrogens with one attached hydrogen (secondary N) is 1. The second-order valence-electron chi connectivity index (χ2n) is 6.31. The number of pyridine rings is 1. The fourth-order valence-electron chi connectivity index (χ4n) is 2.83. The molecule has 1 unspecified atom stereocenters. The smallest absolute Gasteiger partial charge is 0.194 e. The zero-order chi connectivity index (χ0) is 17.4. The van der Waals surface area contributed by atoms with Gasteiger partial charge in [-0.2, -0.15) is 0 Å². The van der Waals surface area contributed by atoms with Crippen molar-refractivity contribution in [2.45, 2.75) is 26.8 Å². The van der Waals surface area contributed by atoms with E-state index < -0.39 is 0 Å². The maximum Gasteiger partial charge on any atom is 0.194 e. The Morgan fingerprint density at radius 3 is 2.88 bits per heavy atom. The van der Waals surface area contributed by atoms with E-state index in [0.29, 0.717) is 12.5 Å². The Hall–Kier alpha value is -1.09. The quantitative estimate of drug-likeness (QED) is 0.385. The van der Waals surface area contributed by atoms with Gasteiger partial charge in [-0.3, -0.25) is 0 Å². The number of anilines is 1. The van der Waals surface area contributed by atoms with Crippen molar-refractivity contribution in [3.63, 3.8) is 0 Å². The standard InChI is InChI=1S/C18H31N5O.HI/c1-5-19-18(23-11-10-15(13-23)14-24-6-2)20-12-16-8-7-9-17(21-16)22(3)4;/h7-9,15H,5-6,10-14H2,1-4H3,(H,19,20);1H. The molecule has 1 aromatic rings. The van der Waals surface area contributed by atoms with Gasteiger partial charge in [-0.05, 0) is 32.4 Å². The molecule has 0 bridgehead atoms. The summed E-state index contributed by atoms with van der Waals surface area (Å²) in [6.45, 7) is 9.30. The molecule has 7 heteroatoms. The molecule has 6 nitrogen and oxygen atoms in total. The summed E-state index contributed by atoms with van der Waals surface area (Å²) < 4.78 is 5.57. The maximum atomic E-state index is 5.57. The SMILES string of the molecule is CCNC(=NCc1cccc(N(C)C)n1)N1CCC(COCC)C1.I. The van der Waals surface area contributed by atoms with Gasteiger partial charge in [-0.25, -0.2) is 9.98 Å². The summed E-state index contributed by atoms with van der Waals surface area (Å²) in [4.78, 5) is 13.8. The Morgan fingerprint density at radius 2 is 2.20 bits per heavy atom. The molecule has 1 N–H and O–H groups in total. The molecule has 0 aliphatic carbocycles. The fourth-order valence-corrected chi connectivity index (χ4v) is 2.83. The molecule has 1 atom stereocenters. The van der Waals surface area contributed by atoms with E-state index in [0.717, 1.165) is 50.3 Å². The number of rotatable bonds is 7. The Bertz CT molecular complexity index is 538. The van der Waals surface area contributed by atoms with Crippen LogP contribution in [0.15, 0.2) is 23.2 Å². The van der Waals surface area contributed by atoms with Crippen LogP contribution in [0.1, 0.15) is 26.0 Å². The van der Waals surface area contributed by atoms with E-state index in [-0.39, 0.29) is 24.0 Å². The average molecular weight is 461 g/mol. The molecule has 0 aromatic carbocycles. The highest BCUT2D eigenvalue weighted by molar-refractivity contribution is 14.0. The van der Waals surface area contributed by atoms with E-state index in [4.69, 9.17) is 9.73 Å². The third kappa shape index (κ3) is 6.97. The number of hydrogen-bond acceptors (Lipinski definition) is 4. The fraction of sp³-hybridized carbons (Fsp3) is 0.667. The van der Waals surface area contributed by atoms with E-state index in [9.17, 15) is 0 Å². The summed E-state index contributed by atoms with van der Waals surface area (Å²) in [6.07, 6.45) is 1.17. The number of hydrogen-bond donors (Lipinski definition) is 1. The molecule has 1 fully saturated rings. The number of guanidine groups is 1. The minimum absolute atomic E-state index is 0. The van der Waals surface area contributed by atoms with Gasteiger partial charge in [0.15, 0.2) is 5.96 Å². The van der Waals surface area contributed by atoms with E-state index in [1.165, 1.54) is 6.42 Å². The van der Waals surface area contributed by atoms with Crippen molar-refractivity contribution < 1.29 is 4.74 Å². The van der Waals surface area contributed by atoms with Crippen LogP contribution in [0.4, 0.5) is 5.82 Å². The van der Waals surface area contributed by atoms with Crippen LogP contribution < -0.4 is 10.2 Å².